The second-order valence-corrected chi connectivity index (χ2v) is 8.70. The Hall–Kier alpha value is -1.70. The van der Waals surface area contributed by atoms with Crippen molar-refractivity contribution in [1.82, 2.24) is 20.0 Å². The van der Waals surface area contributed by atoms with Gasteiger partial charge in [-0.3, -0.25) is 10.1 Å². The van der Waals surface area contributed by atoms with E-state index in [-0.39, 0.29) is 17.9 Å². The maximum absolute atomic E-state index is 12.4. The highest BCUT2D eigenvalue weighted by molar-refractivity contribution is 7.15. The number of amides is 3. The van der Waals surface area contributed by atoms with Crippen molar-refractivity contribution in [1.29, 1.82) is 0 Å². The van der Waals surface area contributed by atoms with E-state index < -0.39 is 0 Å². The third-order valence-corrected chi connectivity index (χ3v) is 6.30. The van der Waals surface area contributed by atoms with Crippen LogP contribution in [-0.4, -0.2) is 59.1 Å². The number of hydrogen-bond donors (Lipinski definition) is 1. The number of likely N-dealkylation sites (tertiary alicyclic amines) is 1. The minimum atomic E-state index is -0.138. The van der Waals surface area contributed by atoms with E-state index in [0.717, 1.165) is 11.4 Å². The van der Waals surface area contributed by atoms with Crippen LogP contribution in [-0.2, 0) is 11.2 Å². The van der Waals surface area contributed by atoms with E-state index in [1.165, 1.54) is 43.4 Å². The molecule has 0 bridgehead atoms. The predicted octanol–water partition coefficient (Wildman–Crippen LogP) is 2.99. The maximum atomic E-state index is 12.4. The fourth-order valence-electron chi connectivity index (χ4n) is 3.89. The molecule has 0 unspecified atom stereocenters. The van der Waals surface area contributed by atoms with Gasteiger partial charge in [-0.1, -0.05) is 43.4 Å². The van der Waals surface area contributed by atoms with Gasteiger partial charge < -0.3 is 9.80 Å². The van der Waals surface area contributed by atoms with Crippen molar-refractivity contribution in [2.45, 2.75) is 51.4 Å². The molecule has 7 nitrogen and oxygen atoms in total. The smallest absolute Gasteiger partial charge is 0.323 e. The number of piperidine rings is 1. The lowest BCUT2D eigenvalue weighted by Crippen LogP contribution is -2.44. The minimum absolute atomic E-state index is 0.0256. The van der Waals surface area contributed by atoms with Gasteiger partial charge in [-0.05, 0) is 18.8 Å². The van der Waals surface area contributed by atoms with Crippen molar-refractivity contribution in [3.8, 4) is 0 Å². The van der Waals surface area contributed by atoms with E-state index in [1.807, 2.05) is 0 Å². The van der Waals surface area contributed by atoms with Gasteiger partial charge in [0.15, 0.2) is 0 Å². The molecule has 2 fully saturated rings. The third kappa shape index (κ3) is 4.93. The lowest BCUT2D eigenvalue weighted by molar-refractivity contribution is -0.134. The van der Waals surface area contributed by atoms with Crippen LogP contribution < -0.4 is 5.32 Å². The molecule has 1 aromatic rings. The second kappa shape index (κ2) is 8.79. The van der Waals surface area contributed by atoms with Crippen LogP contribution in [0.2, 0.25) is 0 Å². The molecule has 2 aliphatic rings. The number of carbonyl (C=O) groups is 2. The number of carbonyl (C=O) groups excluding carboxylic acids is 2. The van der Waals surface area contributed by atoms with Gasteiger partial charge in [0.2, 0.25) is 11.0 Å². The molecule has 3 rings (SSSR count). The number of hydrogen-bond acceptors (Lipinski definition) is 5. The number of rotatable bonds is 4. The van der Waals surface area contributed by atoms with Crippen LogP contribution in [0.25, 0.3) is 0 Å². The van der Waals surface area contributed by atoms with Crippen LogP contribution in [0.4, 0.5) is 9.93 Å². The van der Waals surface area contributed by atoms with E-state index in [0.29, 0.717) is 37.0 Å². The highest BCUT2D eigenvalue weighted by atomic mass is 32.1. The number of urea groups is 1. The lowest BCUT2D eigenvalue weighted by Gasteiger charge is -2.32. The Labute approximate surface area is 159 Å². The van der Waals surface area contributed by atoms with Gasteiger partial charge in [-0.2, -0.15) is 0 Å². The number of aromatic nitrogens is 2. The molecule has 8 heteroatoms. The first-order chi connectivity index (χ1) is 12.5. The summed E-state index contributed by atoms with van der Waals surface area (Å²) in [7, 11) is 3.56. The average Bonchev–Trinajstić information content (AvgIpc) is 3.08. The summed E-state index contributed by atoms with van der Waals surface area (Å²) in [5.74, 6) is 0.896. The normalized spacial score (nSPS) is 19.4. The van der Waals surface area contributed by atoms with Crippen molar-refractivity contribution < 1.29 is 9.59 Å². The van der Waals surface area contributed by atoms with Crippen molar-refractivity contribution in [3.05, 3.63) is 5.01 Å². The maximum Gasteiger partial charge on any atom is 0.323 e. The molecule has 1 saturated heterocycles. The third-order valence-electron chi connectivity index (χ3n) is 5.44. The zero-order valence-corrected chi connectivity index (χ0v) is 16.6. The molecule has 26 heavy (non-hydrogen) atoms. The van der Waals surface area contributed by atoms with Crippen LogP contribution in [0.15, 0.2) is 0 Å². The molecule has 1 aliphatic heterocycles. The first-order valence-corrected chi connectivity index (χ1v) is 10.4. The van der Waals surface area contributed by atoms with Gasteiger partial charge in [-0.15, -0.1) is 10.2 Å². The van der Waals surface area contributed by atoms with E-state index >= 15 is 0 Å². The zero-order valence-electron chi connectivity index (χ0n) is 15.7. The number of anilines is 1. The van der Waals surface area contributed by atoms with Crippen molar-refractivity contribution in [2.24, 2.45) is 11.8 Å². The monoisotopic (exact) mass is 379 g/mol. The van der Waals surface area contributed by atoms with Crippen LogP contribution in [0.3, 0.4) is 0 Å². The second-order valence-electron chi connectivity index (χ2n) is 7.63. The summed E-state index contributed by atoms with van der Waals surface area (Å²) in [4.78, 5) is 27.9. The van der Waals surface area contributed by atoms with Crippen molar-refractivity contribution in [3.63, 3.8) is 0 Å². The summed E-state index contributed by atoms with van der Waals surface area (Å²) in [6.07, 6.45) is 8.96. The van der Waals surface area contributed by atoms with E-state index in [1.54, 1.807) is 23.9 Å². The van der Waals surface area contributed by atoms with E-state index in [4.69, 9.17) is 0 Å². The Morgan fingerprint density at radius 2 is 1.81 bits per heavy atom. The largest absolute Gasteiger partial charge is 0.349 e. The van der Waals surface area contributed by atoms with E-state index in [2.05, 4.69) is 15.5 Å². The Kier molecular flexibility index (Phi) is 6.45. The molecule has 0 spiro atoms. The fourth-order valence-corrected chi connectivity index (χ4v) is 4.73. The van der Waals surface area contributed by atoms with Gasteiger partial charge in [0.25, 0.3) is 0 Å². The van der Waals surface area contributed by atoms with Crippen LogP contribution >= 0.6 is 11.3 Å². The van der Waals surface area contributed by atoms with E-state index in [9.17, 15) is 9.59 Å². The lowest BCUT2D eigenvalue weighted by atomic mass is 9.87. The molecule has 2 heterocycles. The first kappa shape index (κ1) is 19.1. The Morgan fingerprint density at radius 1 is 1.12 bits per heavy atom. The molecule has 0 radical (unpaired) electrons. The zero-order chi connectivity index (χ0) is 18.5. The summed E-state index contributed by atoms with van der Waals surface area (Å²) in [5, 5.41) is 12.8. The van der Waals surface area contributed by atoms with Crippen LogP contribution in [0.5, 0.6) is 0 Å². The molecular formula is C18H29N5O2S. The first-order valence-electron chi connectivity index (χ1n) is 9.62. The molecule has 1 saturated carbocycles. The standard InChI is InChI=1S/C18H29N5O2S/c1-22(2)16(24)14-8-10-23(11-9-14)18(25)19-17-21-20-15(26-17)12-13-6-4-3-5-7-13/h13-14H,3-12H2,1-2H3,(H,19,21,25). The molecule has 1 aromatic heterocycles. The SMILES string of the molecule is CN(C)C(=O)C1CCN(C(=O)Nc2nnc(CC3CCCCC3)s2)CC1. The molecule has 144 valence electrons. The summed E-state index contributed by atoms with van der Waals surface area (Å²) in [6, 6.07) is -0.138. The average molecular weight is 380 g/mol. The predicted molar refractivity (Wildman–Crippen MR) is 102 cm³/mol. The Morgan fingerprint density at radius 3 is 2.46 bits per heavy atom. The van der Waals surface area contributed by atoms with Gasteiger partial charge in [0.1, 0.15) is 5.01 Å². The van der Waals surface area contributed by atoms with Gasteiger partial charge in [0, 0.05) is 39.5 Å². The summed E-state index contributed by atoms with van der Waals surface area (Å²) < 4.78 is 0. The molecule has 3 amide bonds. The van der Waals surface area contributed by atoms with Crippen LogP contribution in [0.1, 0.15) is 50.0 Å². The minimum Gasteiger partial charge on any atom is -0.349 e. The quantitative estimate of drug-likeness (QED) is 0.872. The Bertz CT molecular complexity index is 619. The molecule has 0 aromatic carbocycles. The molecule has 1 N–H and O–H groups in total. The highest BCUT2D eigenvalue weighted by Crippen LogP contribution is 2.29. The summed E-state index contributed by atoms with van der Waals surface area (Å²) in [5.41, 5.74) is 0. The van der Waals surface area contributed by atoms with Gasteiger partial charge in [-0.25, -0.2) is 4.79 Å². The molecule has 0 atom stereocenters. The summed E-state index contributed by atoms with van der Waals surface area (Å²) in [6.45, 7) is 1.20. The highest BCUT2D eigenvalue weighted by Gasteiger charge is 2.28. The van der Waals surface area contributed by atoms with Gasteiger partial charge >= 0.3 is 6.03 Å². The van der Waals surface area contributed by atoms with Gasteiger partial charge in [0.05, 0.1) is 0 Å². The summed E-state index contributed by atoms with van der Waals surface area (Å²) >= 11 is 1.49. The Balaban J connectivity index is 1.46. The van der Waals surface area contributed by atoms with Crippen molar-refractivity contribution >= 4 is 28.4 Å². The van der Waals surface area contributed by atoms with Crippen molar-refractivity contribution in [2.75, 3.05) is 32.5 Å². The molecule has 1 aliphatic carbocycles. The molecular weight excluding hydrogens is 350 g/mol. The number of nitrogens with zero attached hydrogens (tertiary/aromatic N) is 4. The number of nitrogens with one attached hydrogen (secondary N) is 1. The fraction of sp³-hybridized carbons (Fsp3) is 0.778. The topological polar surface area (TPSA) is 78.4 Å². The van der Waals surface area contributed by atoms with Crippen LogP contribution in [0, 0.1) is 11.8 Å².